The van der Waals surface area contributed by atoms with E-state index in [0.29, 0.717) is 0 Å². The molecule has 1 aliphatic carbocycles. The maximum absolute atomic E-state index is 10.3. The van der Waals surface area contributed by atoms with E-state index >= 15 is 0 Å². The van der Waals surface area contributed by atoms with E-state index in [1.54, 1.807) is 6.41 Å². The van der Waals surface area contributed by atoms with Gasteiger partial charge in [0.15, 0.2) is 0 Å². The molecule has 1 saturated carbocycles. The van der Waals surface area contributed by atoms with Gasteiger partial charge in [0.05, 0.1) is 0 Å². The van der Waals surface area contributed by atoms with E-state index < -0.39 is 0 Å². The molecule has 0 aromatic heterocycles. The third-order valence-corrected chi connectivity index (χ3v) is 2.18. The average Bonchev–Trinajstić information content (AvgIpc) is 2.09. The first-order valence-corrected chi connectivity index (χ1v) is 4.01. The van der Waals surface area contributed by atoms with Gasteiger partial charge in [0, 0.05) is 12.1 Å². The summed E-state index contributed by atoms with van der Waals surface area (Å²) in [5, 5.41) is 0. The lowest BCUT2D eigenvalue weighted by Gasteiger charge is -2.25. The van der Waals surface area contributed by atoms with Crippen molar-refractivity contribution in [3.05, 3.63) is 0 Å². The van der Waals surface area contributed by atoms with Crippen LogP contribution in [0.2, 0.25) is 0 Å². The van der Waals surface area contributed by atoms with Crippen molar-refractivity contribution in [2.75, 3.05) is 0 Å². The molecule has 59 valence electrons. The molecule has 0 N–H and O–H groups in total. The summed E-state index contributed by atoms with van der Waals surface area (Å²) in [5.41, 5.74) is 0. The lowest BCUT2D eigenvalue weighted by atomic mass is 9.95. The molecule has 2 heteroatoms. The predicted octanol–water partition coefficient (Wildman–Crippen LogP) is 1.28. The third-order valence-electron chi connectivity index (χ3n) is 2.18. The predicted molar refractivity (Wildman–Crippen MR) is 43.2 cm³/mol. The van der Waals surface area contributed by atoms with Gasteiger partial charge >= 0.3 is 6.41 Å². The summed E-state index contributed by atoms with van der Waals surface area (Å²) in [6.07, 6.45) is 12.6. The fourth-order valence-electron chi connectivity index (χ4n) is 1.55. The van der Waals surface area contributed by atoms with Crippen LogP contribution >= 0.6 is 0 Å². The van der Waals surface area contributed by atoms with Crippen molar-refractivity contribution >= 4 is 6.41 Å². The molecule has 0 unspecified atom stereocenters. The van der Waals surface area contributed by atoms with Crippen LogP contribution in [-0.2, 0) is 4.79 Å². The van der Waals surface area contributed by atoms with Gasteiger partial charge in [-0.1, -0.05) is 25.7 Å². The number of terminal acetylenes is 1. The molecule has 11 heavy (non-hydrogen) atoms. The highest BCUT2D eigenvalue weighted by atomic mass is 16.1. The van der Waals surface area contributed by atoms with Crippen LogP contribution in [0.3, 0.4) is 0 Å². The summed E-state index contributed by atoms with van der Waals surface area (Å²) >= 11 is 0. The number of hydrogen-bond donors (Lipinski definition) is 0. The molecule has 0 aliphatic heterocycles. The molecule has 0 aromatic carbocycles. The van der Waals surface area contributed by atoms with Gasteiger partial charge in [-0.2, -0.15) is 0 Å². The monoisotopic (exact) mass is 150 g/mol. The van der Waals surface area contributed by atoms with E-state index in [0.717, 1.165) is 12.8 Å². The molecule has 0 spiro atoms. The fraction of sp³-hybridized carbons (Fsp3) is 0.667. The molecule has 2 nitrogen and oxygen atoms in total. The summed E-state index contributed by atoms with van der Waals surface area (Å²) in [4.78, 5) is 11.6. The van der Waals surface area contributed by atoms with E-state index in [9.17, 15) is 4.79 Å². The Balaban J connectivity index is 2.44. The maximum Gasteiger partial charge on any atom is 0.324 e. The number of nitrogens with zero attached hydrogens (tertiary/aromatic N) is 1. The van der Waals surface area contributed by atoms with Crippen LogP contribution in [0.15, 0.2) is 0 Å². The van der Waals surface area contributed by atoms with Crippen LogP contribution in [0, 0.1) is 12.5 Å². The highest BCUT2D eigenvalue weighted by molar-refractivity contribution is 5.52. The molecule has 1 aliphatic rings. The van der Waals surface area contributed by atoms with Gasteiger partial charge in [-0.3, -0.25) is 9.69 Å². The second kappa shape index (κ2) is 4.02. The van der Waals surface area contributed by atoms with Crippen molar-refractivity contribution in [3.63, 3.8) is 0 Å². The van der Waals surface area contributed by atoms with Crippen molar-refractivity contribution in [2.45, 2.75) is 38.1 Å². The van der Waals surface area contributed by atoms with Crippen LogP contribution in [0.5, 0.6) is 0 Å². The van der Waals surface area contributed by atoms with Crippen LogP contribution in [0.4, 0.5) is 0 Å². The minimum atomic E-state index is 0.256. The minimum Gasteiger partial charge on any atom is -0.262 e. The Morgan fingerprint density at radius 1 is 1.27 bits per heavy atom. The molecule has 1 rings (SSSR count). The normalized spacial score (nSPS) is 18.8. The smallest absolute Gasteiger partial charge is 0.262 e. The van der Waals surface area contributed by atoms with Crippen LogP contribution in [0.25, 0.3) is 0 Å². The summed E-state index contributed by atoms with van der Waals surface area (Å²) in [7, 11) is 0. The average molecular weight is 150 g/mol. The Morgan fingerprint density at radius 3 is 2.36 bits per heavy atom. The first kappa shape index (κ1) is 8.13. The molecule has 1 amide bonds. The van der Waals surface area contributed by atoms with E-state index in [4.69, 9.17) is 6.42 Å². The van der Waals surface area contributed by atoms with Gasteiger partial charge < -0.3 is 0 Å². The quantitative estimate of drug-likeness (QED) is 0.429. The van der Waals surface area contributed by atoms with Crippen molar-refractivity contribution < 1.29 is 4.79 Å². The highest BCUT2D eigenvalue weighted by Gasteiger charge is 2.18. The van der Waals surface area contributed by atoms with Crippen molar-refractivity contribution in [3.8, 4) is 12.5 Å². The molecule has 0 heterocycles. The summed E-state index contributed by atoms with van der Waals surface area (Å²) in [6.45, 7) is 0. The van der Waals surface area contributed by atoms with Crippen molar-refractivity contribution in [1.29, 1.82) is 0 Å². The molecular formula is C9H12NO. The molecule has 0 bridgehead atoms. The van der Waals surface area contributed by atoms with Gasteiger partial charge in [0.2, 0.25) is 0 Å². The maximum atomic E-state index is 10.3. The van der Waals surface area contributed by atoms with Gasteiger partial charge in [-0.15, -0.1) is 0 Å². The molecular weight excluding hydrogens is 138 g/mol. The Labute approximate surface area is 67.6 Å². The molecule has 0 aromatic rings. The Morgan fingerprint density at radius 2 is 1.91 bits per heavy atom. The zero-order chi connectivity index (χ0) is 8.10. The Kier molecular flexibility index (Phi) is 2.97. The molecule has 0 atom stereocenters. The molecule has 1 fully saturated rings. The molecule has 1 radical (unpaired) electrons. The second-order valence-electron chi connectivity index (χ2n) is 2.88. The van der Waals surface area contributed by atoms with Gasteiger partial charge in [0.1, 0.15) is 0 Å². The van der Waals surface area contributed by atoms with Crippen molar-refractivity contribution in [1.82, 2.24) is 4.90 Å². The van der Waals surface area contributed by atoms with Crippen molar-refractivity contribution in [2.24, 2.45) is 0 Å². The van der Waals surface area contributed by atoms with Gasteiger partial charge in [0.25, 0.3) is 0 Å². The lowest BCUT2D eigenvalue weighted by Crippen LogP contribution is -2.31. The zero-order valence-corrected chi connectivity index (χ0v) is 6.55. The lowest BCUT2D eigenvalue weighted by molar-refractivity contribution is 0.299. The van der Waals surface area contributed by atoms with Crippen LogP contribution in [0.1, 0.15) is 32.1 Å². The largest absolute Gasteiger partial charge is 0.324 e. The Bertz CT molecular complexity index is 165. The van der Waals surface area contributed by atoms with Gasteiger partial charge in [-0.25, -0.2) is 0 Å². The SMILES string of the molecule is C#CN([C]=O)C1CCCCC1. The summed E-state index contributed by atoms with van der Waals surface area (Å²) < 4.78 is 0. The summed E-state index contributed by atoms with van der Waals surface area (Å²) in [6, 6.07) is 2.59. The second-order valence-corrected chi connectivity index (χ2v) is 2.88. The van der Waals surface area contributed by atoms with E-state index in [2.05, 4.69) is 6.04 Å². The fourth-order valence-corrected chi connectivity index (χ4v) is 1.55. The zero-order valence-electron chi connectivity index (χ0n) is 6.55. The van der Waals surface area contributed by atoms with Crippen LogP contribution in [-0.4, -0.2) is 17.4 Å². The first-order valence-electron chi connectivity index (χ1n) is 4.01. The van der Waals surface area contributed by atoms with Crippen LogP contribution < -0.4 is 0 Å². The standard InChI is InChI=1S/C9H12NO/c1-2-10(8-11)9-6-4-3-5-7-9/h1,9H,3-7H2. The topological polar surface area (TPSA) is 20.3 Å². The minimum absolute atomic E-state index is 0.256. The highest BCUT2D eigenvalue weighted by Crippen LogP contribution is 2.20. The number of hydrogen-bond acceptors (Lipinski definition) is 1. The van der Waals surface area contributed by atoms with E-state index in [1.807, 2.05) is 0 Å². The Hall–Kier alpha value is -0.970. The van der Waals surface area contributed by atoms with E-state index in [-0.39, 0.29) is 6.04 Å². The number of rotatable bonds is 2. The van der Waals surface area contributed by atoms with E-state index in [1.165, 1.54) is 24.2 Å². The molecule has 0 saturated heterocycles. The summed E-state index contributed by atoms with van der Waals surface area (Å²) in [5.74, 6) is 0. The number of carbonyl (C=O) groups excluding carboxylic acids is 1. The first-order chi connectivity index (χ1) is 5.38. The number of amides is 1. The third kappa shape index (κ3) is 1.98. The van der Waals surface area contributed by atoms with Gasteiger partial charge in [-0.05, 0) is 12.8 Å².